The molecule has 1 atom stereocenters. The van der Waals surface area contributed by atoms with E-state index in [0.29, 0.717) is 6.10 Å². The molecule has 20 heavy (non-hydrogen) atoms. The van der Waals surface area contributed by atoms with Crippen LogP contribution in [0.15, 0.2) is 11.1 Å². The van der Waals surface area contributed by atoms with E-state index < -0.39 is 5.92 Å². The Balaban J connectivity index is 1.80. The highest BCUT2D eigenvalue weighted by Crippen LogP contribution is 2.38. The van der Waals surface area contributed by atoms with Gasteiger partial charge in [-0.1, -0.05) is 18.9 Å². The molecule has 0 radical (unpaired) electrons. The molecule has 3 heteroatoms. The van der Waals surface area contributed by atoms with E-state index in [4.69, 9.17) is 4.74 Å². The number of hydrogen-bond acceptors (Lipinski definition) is 1. The summed E-state index contributed by atoms with van der Waals surface area (Å²) in [6, 6.07) is 0. The molecule has 0 aromatic carbocycles. The SMILES string of the molecule is CCCC1CCC(=C2CCC(CC(C)(F)F)CC2)CO1. The van der Waals surface area contributed by atoms with Crippen LogP contribution in [0, 0.1) is 5.92 Å². The summed E-state index contributed by atoms with van der Waals surface area (Å²) in [6.45, 7) is 4.03. The Morgan fingerprint density at radius 3 is 2.25 bits per heavy atom. The van der Waals surface area contributed by atoms with Crippen LogP contribution in [0.2, 0.25) is 0 Å². The fourth-order valence-corrected chi connectivity index (χ4v) is 3.63. The summed E-state index contributed by atoms with van der Waals surface area (Å²) in [7, 11) is 0. The Morgan fingerprint density at radius 2 is 1.75 bits per heavy atom. The molecule has 1 heterocycles. The zero-order chi connectivity index (χ0) is 14.6. The van der Waals surface area contributed by atoms with Gasteiger partial charge in [0.1, 0.15) is 0 Å². The van der Waals surface area contributed by atoms with Crippen LogP contribution in [0.3, 0.4) is 0 Å². The molecule has 116 valence electrons. The number of alkyl halides is 2. The van der Waals surface area contributed by atoms with E-state index in [1.165, 1.54) is 17.6 Å². The Kier molecular flexibility index (Phi) is 5.59. The molecule has 0 bridgehead atoms. The van der Waals surface area contributed by atoms with Crippen LogP contribution in [0.1, 0.15) is 71.6 Å². The highest BCUT2D eigenvalue weighted by molar-refractivity contribution is 5.18. The second-order valence-corrected chi connectivity index (χ2v) is 6.69. The second-order valence-electron chi connectivity index (χ2n) is 6.69. The molecule has 0 aromatic heterocycles. The van der Waals surface area contributed by atoms with Crippen molar-refractivity contribution in [1.29, 1.82) is 0 Å². The molecule has 0 N–H and O–H groups in total. The van der Waals surface area contributed by atoms with E-state index in [1.54, 1.807) is 0 Å². The molecule has 1 nitrogen and oxygen atoms in total. The monoisotopic (exact) mass is 286 g/mol. The first kappa shape index (κ1) is 15.9. The summed E-state index contributed by atoms with van der Waals surface area (Å²) in [5, 5.41) is 0. The minimum atomic E-state index is -2.50. The third kappa shape index (κ3) is 4.83. The van der Waals surface area contributed by atoms with Gasteiger partial charge < -0.3 is 4.74 Å². The minimum absolute atomic E-state index is 0.0602. The molecular weight excluding hydrogens is 258 g/mol. The Bertz CT molecular complexity index is 323. The topological polar surface area (TPSA) is 9.23 Å². The van der Waals surface area contributed by atoms with Gasteiger partial charge in [0, 0.05) is 6.42 Å². The van der Waals surface area contributed by atoms with Crippen LogP contribution in [0.25, 0.3) is 0 Å². The number of allylic oxidation sites excluding steroid dienone is 1. The molecule has 1 saturated carbocycles. The molecule has 0 amide bonds. The highest BCUT2D eigenvalue weighted by atomic mass is 19.3. The number of ether oxygens (including phenoxy) is 1. The summed E-state index contributed by atoms with van der Waals surface area (Å²) in [4.78, 5) is 0. The van der Waals surface area contributed by atoms with Gasteiger partial charge in [-0.05, 0) is 63.4 Å². The molecule has 2 fully saturated rings. The van der Waals surface area contributed by atoms with Gasteiger partial charge in [-0.3, -0.25) is 0 Å². The van der Waals surface area contributed by atoms with Gasteiger partial charge >= 0.3 is 0 Å². The van der Waals surface area contributed by atoms with Crippen molar-refractivity contribution in [3.63, 3.8) is 0 Å². The lowest BCUT2D eigenvalue weighted by Crippen LogP contribution is -2.23. The predicted octanol–water partition coefficient (Wildman–Crippen LogP) is 5.50. The highest BCUT2D eigenvalue weighted by Gasteiger charge is 2.29. The lowest BCUT2D eigenvalue weighted by molar-refractivity contribution is -0.00738. The average molecular weight is 286 g/mol. The Hall–Kier alpha value is -0.440. The van der Waals surface area contributed by atoms with Gasteiger partial charge in [-0.2, -0.15) is 0 Å². The fourth-order valence-electron chi connectivity index (χ4n) is 3.63. The molecule has 1 aliphatic heterocycles. The average Bonchev–Trinajstić information content (AvgIpc) is 2.39. The van der Waals surface area contributed by atoms with E-state index in [2.05, 4.69) is 6.92 Å². The second kappa shape index (κ2) is 7.02. The van der Waals surface area contributed by atoms with Crippen molar-refractivity contribution in [2.24, 2.45) is 5.92 Å². The molecular formula is C17H28F2O. The van der Waals surface area contributed by atoms with Crippen molar-refractivity contribution >= 4 is 0 Å². The normalized spacial score (nSPS) is 28.8. The van der Waals surface area contributed by atoms with Gasteiger partial charge in [0.05, 0.1) is 12.7 Å². The standard InChI is InChI=1S/C17H28F2O/c1-3-4-16-10-9-15(12-20-16)14-7-5-13(6-8-14)11-17(2,18)19/h13,16H,3-12H2,1-2H3. The van der Waals surface area contributed by atoms with Crippen LogP contribution in [-0.4, -0.2) is 18.6 Å². The van der Waals surface area contributed by atoms with E-state index in [0.717, 1.165) is 58.5 Å². The van der Waals surface area contributed by atoms with Crippen LogP contribution >= 0.6 is 0 Å². The van der Waals surface area contributed by atoms with Crippen LogP contribution in [0.5, 0.6) is 0 Å². The van der Waals surface area contributed by atoms with E-state index in [9.17, 15) is 8.78 Å². The van der Waals surface area contributed by atoms with Crippen LogP contribution in [0.4, 0.5) is 8.78 Å². The quantitative estimate of drug-likeness (QED) is 0.620. The number of rotatable bonds is 4. The first-order chi connectivity index (χ1) is 9.48. The summed E-state index contributed by atoms with van der Waals surface area (Å²) in [5.74, 6) is -2.30. The van der Waals surface area contributed by atoms with Crippen LogP contribution in [-0.2, 0) is 4.74 Å². The van der Waals surface area contributed by atoms with Crippen molar-refractivity contribution in [2.75, 3.05) is 6.61 Å². The smallest absolute Gasteiger partial charge is 0.245 e. The molecule has 1 aliphatic carbocycles. The molecule has 1 saturated heterocycles. The first-order valence-electron chi connectivity index (χ1n) is 8.17. The van der Waals surface area contributed by atoms with Crippen molar-refractivity contribution in [3.8, 4) is 0 Å². The van der Waals surface area contributed by atoms with Crippen molar-refractivity contribution in [3.05, 3.63) is 11.1 Å². The van der Waals surface area contributed by atoms with Crippen molar-refractivity contribution in [2.45, 2.75) is 83.7 Å². The minimum Gasteiger partial charge on any atom is -0.374 e. The predicted molar refractivity (Wildman–Crippen MR) is 78.1 cm³/mol. The maximum absolute atomic E-state index is 13.0. The molecule has 0 spiro atoms. The van der Waals surface area contributed by atoms with Gasteiger partial charge in [0.25, 0.3) is 0 Å². The molecule has 1 unspecified atom stereocenters. The van der Waals surface area contributed by atoms with Gasteiger partial charge in [0.2, 0.25) is 5.92 Å². The van der Waals surface area contributed by atoms with E-state index in [1.807, 2.05) is 0 Å². The lowest BCUT2D eigenvalue weighted by atomic mass is 9.80. The Morgan fingerprint density at radius 1 is 1.10 bits per heavy atom. The zero-order valence-electron chi connectivity index (χ0n) is 12.9. The summed E-state index contributed by atoms with van der Waals surface area (Å²) in [5.41, 5.74) is 2.98. The molecule has 2 rings (SSSR count). The third-order valence-corrected chi connectivity index (χ3v) is 4.73. The lowest BCUT2D eigenvalue weighted by Gasteiger charge is -2.31. The summed E-state index contributed by atoms with van der Waals surface area (Å²) < 4.78 is 32.0. The van der Waals surface area contributed by atoms with Gasteiger partial charge in [0.15, 0.2) is 0 Å². The molecule has 0 aromatic rings. The fraction of sp³-hybridized carbons (Fsp3) is 0.882. The van der Waals surface area contributed by atoms with E-state index in [-0.39, 0.29) is 12.3 Å². The van der Waals surface area contributed by atoms with E-state index >= 15 is 0 Å². The Labute approximate surface area is 121 Å². The van der Waals surface area contributed by atoms with Crippen molar-refractivity contribution in [1.82, 2.24) is 0 Å². The van der Waals surface area contributed by atoms with Gasteiger partial charge in [-0.15, -0.1) is 0 Å². The van der Waals surface area contributed by atoms with Gasteiger partial charge in [-0.25, -0.2) is 8.78 Å². The van der Waals surface area contributed by atoms with Crippen molar-refractivity contribution < 1.29 is 13.5 Å². The number of halogens is 2. The summed E-state index contributed by atoms with van der Waals surface area (Å²) in [6.07, 6.45) is 9.04. The largest absolute Gasteiger partial charge is 0.374 e. The first-order valence-corrected chi connectivity index (χ1v) is 8.17. The number of hydrogen-bond donors (Lipinski definition) is 0. The maximum Gasteiger partial charge on any atom is 0.245 e. The zero-order valence-corrected chi connectivity index (χ0v) is 12.9. The third-order valence-electron chi connectivity index (χ3n) is 4.73. The van der Waals surface area contributed by atoms with Crippen LogP contribution < -0.4 is 0 Å². The maximum atomic E-state index is 13.0. The summed E-state index contributed by atoms with van der Waals surface area (Å²) >= 11 is 0. The molecule has 2 aliphatic rings.